The molecule has 0 unspecified atom stereocenters. The first-order chi connectivity index (χ1) is 16.2. The van der Waals surface area contributed by atoms with E-state index in [0.29, 0.717) is 29.5 Å². The Hall–Kier alpha value is -2.95. The van der Waals surface area contributed by atoms with Gasteiger partial charge in [0.05, 0.1) is 12.7 Å². The molecule has 6 rings (SSSR count). The van der Waals surface area contributed by atoms with Crippen LogP contribution in [0.15, 0.2) is 84.9 Å². The number of nitrogens with one attached hydrogen (secondary N) is 1. The number of carbonyl (C=O) groups excluding carboxylic acids is 1. The van der Waals surface area contributed by atoms with Crippen molar-refractivity contribution in [1.29, 1.82) is 0 Å². The van der Waals surface area contributed by atoms with Gasteiger partial charge in [0.1, 0.15) is 0 Å². The summed E-state index contributed by atoms with van der Waals surface area (Å²) in [7, 11) is 1.42. The molecule has 3 fully saturated rings. The summed E-state index contributed by atoms with van der Waals surface area (Å²) in [4.78, 5) is 14.5. The number of benzene rings is 3. The molecule has 3 aromatic rings. The van der Waals surface area contributed by atoms with Crippen LogP contribution >= 0.6 is 0 Å². The highest BCUT2D eigenvalue weighted by Gasteiger charge is 2.46. The summed E-state index contributed by atoms with van der Waals surface area (Å²) in [6.45, 7) is 3.15. The number of hydrogen-bond acceptors (Lipinski definition) is 4. The first kappa shape index (κ1) is 21.9. The van der Waals surface area contributed by atoms with Crippen molar-refractivity contribution in [2.24, 2.45) is 5.92 Å². The molecule has 0 radical (unpaired) electrons. The van der Waals surface area contributed by atoms with E-state index in [1.165, 1.54) is 49.7 Å². The van der Waals surface area contributed by atoms with Gasteiger partial charge in [0, 0.05) is 24.5 Å². The Bertz CT molecular complexity index is 1000. The Morgan fingerprint density at radius 1 is 0.909 bits per heavy atom. The zero-order valence-corrected chi connectivity index (χ0v) is 19.2. The van der Waals surface area contributed by atoms with Crippen molar-refractivity contribution in [2.75, 3.05) is 20.2 Å². The summed E-state index contributed by atoms with van der Waals surface area (Å²) in [5.74, 6) is 0.722. The van der Waals surface area contributed by atoms with Crippen LogP contribution < -0.4 is 5.32 Å². The number of methoxy groups -OCH3 is 1. The van der Waals surface area contributed by atoms with E-state index >= 15 is 0 Å². The van der Waals surface area contributed by atoms with Gasteiger partial charge < -0.3 is 10.1 Å². The van der Waals surface area contributed by atoms with Crippen molar-refractivity contribution in [2.45, 2.75) is 37.4 Å². The molecular weight excluding hydrogens is 408 g/mol. The van der Waals surface area contributed by atoms with Crippen LogP contribution in [0.3, 0.4) is 0 Å². The molecule has 170 valence electrons. The Labute approximate surface area is 196 Å². The fraction of sp³-hybridized carbons (Fsp3) is 0.345. The number of rotatable bonds is 7. The number of nitrogens with zero attached hydrogens (tertiary/aromatic N) is 1. The van der Waals surface area contributed by atoms with Gasteiger partial charge in [-0.3, -0.25) is 4.90 Å². The zero-order valence-electron chi connectivity index (χ0n) is 19.2. The van der Waals surface area contributed by atoms with E-state index in [1.54, 1.807) is 0 Å². The number of fused-ring (bicyclic) bond motifs is 3. The van der Waals surface area contributed by atoms with Gasteiger partial charge >= 0.3 is 5.97 Å². The largest absolute Gasteiger partial charge is 0.465 e. The molecule has 3 heterocycles. The van der Waals surface area contributed by atoms with E-state index in [9.17, 15) is 4.79 Å². The maximum atomic E-state index is 11.8. The fourth-order valence-electron chi connectivity index (χ4n) is 5.81. The molecule has 0 aliphatic carbocycles. The highest BCUT2D eigenvalue weighted by atomic mass is 16.5. The number of piperidine rings is 3. The van der Waals surface area contributed by atoms with E-state index in [2.05, 4.69) is 70.9 Å². The summed E-state index contributed by atoms with van der Waals surface area (Å²) < 4.78 is 4.83. The van der Waals surface area contributed by atoms with Crippen LogP contribution in [0.2, 0.25) is 0 Å². The Morgan fingerprint density at radius 2 is 1.48 bits per heavy atom. The topological polar surface area (TPSA) is 41.6 Å². The van der Waals surface area contributed by atoms with E-state index in [0.717, 1.165) is 6.54 Å². The number of ether oxygens (including phenoxy) is 1. The maximum Gasteiger partial charge on any atom is 0.337 e. The average Bonchev–Trinajstić information content (AvgIpc) is 2.90. The molecule has 33 heavy (non-hydrogen) atoms. The molecule has 3 aromatic carbocycles. The molecule has 0 aromatic heterocycles. The minimum absolute atomic E-state index is 0.291. The van der Waals surface area contributed by atoms with E-state index in [1.807, 2.05) is 24.3 Å². The van der Waals surface area contributed by atoms with Crippen molar-refractivity contribution in [1.82, 2.24) is 10.2 Å². The molecule has 1 N–H and O–H groups in total. The second-order valence-corrected chi connectivity index (χ2v) is 9.26. The van der Waals surface area contributed by atoms with Crippen molar-refractivity contribution in [3.8, 4) is 0 Å². The third-order valence-electron chi connectivity index (χ3n) is 7.45. The molecule has 0 saturated carbocycles. The first-order valence-electron chi connectivity index (χ1n) is 12.0. The Balaban J connectivity index is 1.42. The van der Waals surface area contributed by atoms with Gasteiger partial charge in [-0.1, -0.05) is 72.8 Å². The Kier molecular flexibility index (Phi) is 6.56. The normalized spacial score (nSPS) is 24.1. The summed E-state index contributed by atoms with van der Waals surface area (Å²) in [6.07, 6.45) is 2.51. The van der Waals surface area contributed by atoms with Crippen LogP contribution in [0.4, 0.5) is 0 Å². The lowest BCUT2D eigenvalue weighted by Gasteiger charge is -2.54. The molecule has 0 spiro atoms. The predicted molar refractivity (Wildman–Crippen MR) is 131 cm³/mol. The van der Waals surface area contributed by atoms with Gasteiger partial charge in [0.15, 0.2) is 0 Å². The summed E-state index contributed by atoms with van der Waals surface area (Å²) in [5, 5.41) is 3.94. The number of esters is 1. The van der Waals surface area contributed by atoms with Crippen LogP contribution in [0.25, 0.3) is 0 Å². The number of carbonyl (C=O) groups is 1. The first-order valence-corrected chi connectivity index (χ1v) is 12.0. The Morgan fingerprint density at radius 3 is 2.03 bits per heavy atom. The van der Waals surface area contributed by atoms with E-state index in [-0.39, 0.29) is 5.97 Å². The summed E-state index contributed by atoms with van der Waals surface area (Å²) >= 11 is 0. The molecule has 3 saturated heterocycles. The monoisotopic (exact) mass is 440 g/mol. The van der Waals surface area contributed by atoms with Gasteiger partial charge in [-0.05, 0) is 60.7 Å². The van der Waals surface area contributed by atoms with Gasteiger partial charge in [0.25, 0.3) is 0 Å². The lowest BCUT2D eigenvalue weighted by atomic mass is 9.70. The standard InChI is InChI=1S/C29H32N2O2/c1-33-29(32)25-14-12-21(13-15-25)20-30-27-24-16-18-31(19-17-24)28(27)26(22-8-4-2-5-9-22)23-10-6-3-7-11-23/h2-15,24,26-28,30H,16-20H2,1H3/t27-,28+/m1/s1. The molecule has 4 heteroatoms. The van der Waals surface area contributed by atoms with Gasteiger partial charge in [-0.15, -0.1) is 0 Å². The van der Waals surface area contributed by atoms with Gasteiger partial charge in [0.2, 0.25) is 0 Å². The molecule has 0 amide bonds. The number of hydrogen-bond donors (Lipinski definition) is 1. The highest BCUT2D eigenvalue weighted by Crippen LogP contribution is 2.42. The zero-order chi connectivity index (χ0) is 22.6. The lowest BCUT2D eigenvalue weighted by molar-refractivity contribution is 0.00468. The molecule has 2 atom stereocenters. The van der Waals surface area contributed by atoms with Crippen LogP contribution in [0, 0.1) is 5.92 Å². The smallest absolute Gasteiger partial charge is 0.337 e. The van der Waals surface area contributed by atoms with Crippen LogP contribution in [0.1, 0.15) is 45.8 Å². The second-order valence-electron chi connectivity index (χ2n) is 9.26. The quantitative estimate of drug-likeness (QED) is 0.533. The van der Waals surface area contributed by atoms with Crippen LogP contribution in [-0.2, 0) is 11.3 Å². The maximum absolute atomic E-state index is 11.8. The second kappa shape index (κ2) is 9.90. The van der Waals surface area contributed by atoms with Gasteiger partial charge in [-0.2, -0.15) is 0 Å². The van der Waals surface area contributed by atoms with Crippen LogP contribution in [0.5, 0.6) is 0 Å². The fourth-order valence-corrected chi connectivity index (χ4v) is 5.81. The molecular formula is C29H32N2O2. The SMILES string of the molecule is COC(=O)c1ccc(CN[C@@H]2C3CCN(CC3)[C@H]2C(c2ccccc2)c2ccccc2)cc1. The molecule has 3 aliphatic heterocycles. The highest BCUT2D eigenvalue weighted by molar-refractivity contribution is 5.89. The summed E-state index contributed by atoms with van der Waals surface area (Å²) in [6, 6.07) is 30.6. The van der Waals surface area contributed by atoms with Gasteiger partial charge in [-0.25, -0.2) is 4.79 Å². The molecule has 2 bridgehead atoms. The predicted octanol–water partition coefficient (Wildman–Crippen LogP) is 4.86. The van der Waals surface area contributed by atoms with Crippen molar-refractivity contribution in [3.05, 3.63) is 107 Å². The summed E-state index contributed by atoms with van der Waals surface area (Å²) in [5.41, 5.74) is 4.55. The van der Waals surface area contributed by atoms with Crippen molar-refractivity contribution >= 4 is 5.97 Å². The van der Waals surface area contributed by atoms with E-state index < -0.39 is 0 Å². The third kappa shape index (κ3) is 4.59. The van der Waals surface area contributed by atoms with Crippen molar-refractivity contribution in [3.63, 3.8) is 0 Å². The molecule has 3 aliphatic rings. The molecule has 4 nitrogen and oxygen atoms in total. The minimum atomic E-state index is -0.291. The minimum Gasteiger partial charge on any atom is -0.465 e. The van der Waals surface area contributed by atoms with Crippen molar-refractivity contribution < 1.29 is 9.53 Å². The van der Waals surface area contributed by atoms with Crippen LogP contribution in [-0.4, -0.2) is 43.2 Å². The average molecular weight is 441 g/mol. The lowest BCUT2D eigenvalue weighted by Crippen LogP contribution is -2.64. The van der Waals surface area contributed by atoms with E-state index in [4.69, 9.17) is 4.74 Å². The third-order valence-corrected chi connectivity index (χ3v) is 7.45.